The van der Waals surface area contributed by atoms with Gasteiger partial charge in [0.2, 0.25) is 0 Å². The van der Waals surface area contributed by atoms with Crippen LogP contribution in [0.4, 0.5) is 4.70 Å². The summed E-state index contributed by atoms with van der Waals surface area (Å²) in [4.78, 5) is 0. The van der Waals surface area contributed by atoms with Crippen LogP contribution in [0.2, 0.25) is 0 Å². The van der Waals surface area contributed by atoms with E-state index in [-0.39, 0.29) is 4.70 Å². The monoisotopic (exact) mass is 158 g/mol. The fourth-order valence-electron chi connectivity index (χ4n) is 0.846. The molecule has 11 heavy (non-hydrogen) atoms. The van der Waals surface area contributed by atoms with Gasteiger partial charge >= 0.3 is 0 Å². The van der Waals surface area contributed by atoms with Crippen molar-refractivity contribution in [3.63, 3.8) is 0 Å². The fraction of sp³-hybridized carbons (Fsp3) is 0.600. The molecule has 0 aromatic rings. The van der Waals surface area contributed by atoms with Crippen molar-refractivity contribution in [2.45, 2.75) is 40.5 Å². The third kappa shape index (κ3) is 5.84. The predicted octanol–water partition coefficient (Wildman–Crippen LogP) is 3.85. The van der Waals surface area contributed by atoms with Gasteiger partial charge in [-0.1, -0.05) is 37.1 Å². The predicted molar refractivity (Wildman–Crippen MR) is 50.6 cm³/mol. The normalized spacial score (nSPS) is 14.9. The molecule has 0 radical (unpaired) electrons. The summed E-state index contributed by atoms with van der Waals surface area (Å²) in [5, 5.41) is 0. The Bertz CT molecular complexity index is 125. The summed E-state index contributed by atoms with van der Waals surface area (Å²) >= 11 is 0. The molecule has 0 aromatic carbocycles. The Morgan fingerprint density at radius 2 is 1.18 bits per heavy atom. The lowest BCUT2D eigenvalue weighted by atomic mass is 10.0. The zero-order chi connectivity index (χ0) is 7.98. The van der Waals surface area contributed by atoms with Gasteiger partial charge in [0.1, 0.15) is 0 Å². The zero-order valence-electron chi connectivity index (χ0n) is 7.98. The molecule has 1 rings (SSSR count). The van der Waals surface area contributed by atoms with Crippen molar-refractivity contribution in [3.8, 4) is 0 Å². The van der Waals surface area contributed by atoms with Gasteiger partial charge in [-0.2, -0.15) is 0 Å². The van der Waals surface area contributed by atoms with Crippen molar-refractivity contribution in [2.75, 3.05) is 0 Å². The number of allylic oxidation sites excluding steroid dienone is 4. The average molecular weight is 158 g/mol. The van der Waals surface area contributed by atoms with Crippen LogP contribution < -0.4 is 0 Å². The largest absolute Gasteiger partial charge is 0.269 e. The van der Waals surface area contributed by atoms with Crippen LogP contribution in [0.1, 0.15) is 40.5 Å². The van der Waals surface area contributed by atoms with Gasteiger partial charge in [0.05, 0.1) is 0 Å². The second-order valence-corrected chi connectivity index (χ2v) is 2.53. The van der Waals surface area contributed by atoms with E-state index in [4.69, 9.17) is 0 Å². The van der Waals surface area contributed by atoms with Crippen LogP contribution >= 0.6 is 0 Å². The van der Waals surface area contributed by atoms with E-state index < -0.39 is 0 Å². The molecule has 0 nitrogen and oxygen atoms in total. The Morgan fingerprint density at radius 1 is 0.909 bits per heavy atom. The fourth-order valence-corrected chi connectivity index (χ4v) is 0.846. The van der Waals surface area contributed by atoms with E-state index in [2.05, 4.69) is 26.0 Å². The standard InChI is InChI=1S/C8H12.C2H6.FH/c1-7-3-5-8(2)6-4-7;1-2;/h3,5H,4,6H2,1-2H3;1-2H3;1H. The minimum absolute atomic E-state index is 0. The molecule has 0 aromatic heterocycles. The smallest absolute Gasteiger partial charge is 0.0283 e. The minimum atomic E-state index is 0. The summed E-state index contributed by atoms with van der Waals surface area (Å²) in [5.41, 5.74) is 3.02. The second kappa shape index (κ2) is 7.52. The molecule has 0 fully saturated rings. The van der Waals surface area contributed by atoms with Crippen LogP contribution in [-0.4, -0.2) is 0 Å². The molecule has 0 bridgehead atoms. The third-order valence-electron chi connectivity index (χ3n) is 1.57. The Morgan fingerprint density at radius 3 is 1.36 bits per heavy atom. The maximum absolute atomic E-state index is 2.21. The molecule has 0 spiro atoms. The van der Waals surface area contributed by atoms with Crippen LogP contribution in [0.25, 0.3) is 0 Å². The lowest BCUT2D eigenvalue weighted by molar-refractivity contribution is 0.906. The van der Waals surface area contributed by atoms with E-state index in [1.54, 1.807) is 0 Å². The molecule has 66 valence electrons. The SMILES string of the molecule is CC.CC1=CC=C(C)CC1.F. The first-order chi connectivity index (χ1) is 4.79. The summed E-state index contributed by atoms with van der Waals surface area (Å²) in [6.07, 6.45) is 6.95. The van der Waals surface area contributed by atoms with Crippen molar-refractivity contribution < 1.29 is 4.70 Å². The van der Waals surface area contributed by atoms with Crippen molar-refractivity contribution in [1.82, 2.24) is 0 Å². The van der Waals surface area contributed by atoms with Gasteiger partial charge in [-0.05, 0) is 26.7 Å². The molecule has 0 saturated carbocycles. The molecule has 0 N–H and O–H groups in total. The maximum Gasteiger partial charge on any atom is -0.0283 e. The van der Waals surface area contributed by atoms with Crippen molar-refractivity contribution in [2.24, 2.45) is 0 Å². The van der Waals surface area contributed by atoms with Crippen molar-refractivity contribution >= 4 is 0 Å². The first-order valence-corrected chi connectivity index (χ1v) is 4.12. The van der Waals surface area contributed by atoms with Gasteiger partial charge in [0.15, 0.2) is 0 Å². The topological polar surface area (TPSA) is 0 Å². The van der Waals surface area contributed by atoms with Crippen LogP contribution in [0.3, 0.4) is 0 Å². The summed E-state index contributed by atoms with van der Waals surface area (Å²) in [7, 11) is 0. The highest BCUT2D eigenvalue weighted by Crippen LogP contribution is 2.15. The number of hydrogen-bond acceptors (Lipinski definition) is 0. The van der Waals surface area contributed by atoms with E-state index in [0.717, 1.165) is 0 Å². The average Bonchev–Trinajstić information content (AvgIpc) is 2.00. The highest BCUT2D eigenvalue weighted by atomic mass is 19.0. The third-order valence-corrected chi connectivity index (χ3v) is 1.57. The second-order valence-electron chi connectivity index (χ2n) is 2.53. The van der Waals surface area contributed by atoms with E-state index in [0.29, 0.717) is 0 Å². The molecule has 1 aliphatic rings. The molecular formula is C10H19F. The summed E-state index contributed by atoms with van der Waals surface area (Å²) in [6.45, 7) is 8.37. The van der Waals surface area contributed by atoms with Crippen LogP contribution in [0.15, 0.2) is 23.3 Å². The van der Waals surface area contributed by atoms with E-state index in [9.17, 15) is 0 Å². The van der Waals surface area contributed by atoms with Gasteiger partial charge in [0, 0.05) is 0 Å². The van der Waals surface area contributed by atoms with Crippen molar-refractivity contribution in [3.05, 3.63) is 23.3 Å². The molecule has 0 amide bonds. The van der Waals surface area contributed by atoms with Gasteiger partial charge in [-0.25, -0.2) is 0 Å². The van der Waals surface area contributed by atoms with Gasteiger partial charge in [-0.3, -0.25) is 4.70 Å². The lowest BCUT2D eigenvalue weighted by Gasteiger charge is -2.05. The molecule has 0 atom stereocenters. The highest BCUT2D eigenvalue weighted by molar-refractivity contribution is 5.20. The van der Waals surface area contributed by atoms with Gasteiger partial charge in [0.25, 0.3) is 0 Å². The molecule has 1 heteroatoms. The first-order valence-electron chi connectivity index (χ1n) is 4.12. The summed E-state index contributed by atoms with van der Waals surface area (Å²) in [6, 6.07) is 0. The molecule has 0 heterocycles. The van der Waals surface area contributed by atoms with E-state index in [1.807, 2.05) is 13.8 Å². The quantitative estimate of drug-likeness (QED) is 0.502. The lowest BCUT2D eigenvalue weighted by Crippen LogP contribution is -1.85. The molecule has 1 aliphatic carbocycles. The zero-order valence-corrected chi connectivity index (χ0v) is 7.98. The first kappa shape index (κ1) is 13.0. The Balaban J connectivity index is 0. The Kier molecular flexibility index (Phi) is 8.91. The maximum atomic E-state index is 2.21. The van der Waals surface area contributed by atoms with Crippen LogP contribution in [0.5, 0.6) is 0 Å². The Labute approximate surface area is 69.4 Å². The van der Waals surface area contributed by atoms with Gasteiger partial charge < -0.3 is 0 Å². The minimum Gasteiger partial charge on any atom is -0.269 e. The Hall–Kier alpha value is -0.590. The van der Waals surface area contributed by atoms with Crippen molar-refractivity contribution in [1.29, 1.82) is 0 Å². The number of hydrogen-bond donors (Lipinski definition) is 0. The number of halogens is 1. The molecule has 0 unspecified atom stereocenters. The van der Waals surface area contributed by atoms with Crippen LogP contribution in [-0.2, 0) is 0 Å². The highest BCUT2D eigenvalue weighted by Gasteiger charge is 1.95. The van der Waals surface area contributed by atoms with E-state index >= 15 is 0 Å². The molecule has 0 saturated heterocycles. The van der Waals surface area contributed by atoms with Gasteiger partial charge in [-0.15, -0.1) is 0 Å². The molecular weight excluding hydrogens is 139 g/mol. The summed E-state index contributed by atoms with van der Waals surface area (Å²) in [5.74, 6) is 0. The molecule has 0 aliphatic heterocycles. The summed E-state index contributed by atoms with van der Waals surface area (Å²) < 4.78 is 0. The number of rotatable bonds is 0. The van der Waals surface area contributed by atoms with E-state index in [1.165, 1.54) is 24.0 Å². The van der Waals surface area contributed by atoms with Crippen LogP contribution in [0, 0.1) is 0 Å².